The number of carbonyl (C=O) groups is 1. The van der Waals surface area contributed by atoms with Gasteiger partial charge in [0.2, 0.25) is 0 Å². The number of ether oxygens (including phenoxy) is 2. The highest BCUT2D eigenvalue weighted by molar-refractivity contribution is 7.65. The summed E-state index contributed by atoms with van der Waals surface area (Å²) in [7, 11) is -3.73. The molecule has 2 heterocycles. The molecule has 1 saturated heterocycles. The van der Waals surface area contributed by atoms with Gasteiger partial charge < -0.3 is 22.9 Å². The highest BCUT2D eigenvalue weighted by atomic mass is 31.2. The van der Waals surface area contributed by atoms with Gasteiger partial charge in [0, 0.05) is 19.2 Å². The minimum Gasteiger partial charge on any atom is -0.463 e. The second-order valence-electron chi connectivity index (χ2n) is 5.77. The Morgan fingerprint density at radius 3 is 2.41 bits per heavy atom. The highest BCUT2D eigenvalue weighted by Gasteiger charge is 2.34. The summed E-state index contributed by atoms with van der Waals surface area (Å²) in [5.74, 6) is 0.344. The molecule has 1 aromatic rings. The summed E-state index contributed by atoms with van der Waals surface area (Å²) in [4.78, 5) is 14.2. The molecular formula is C18H28NO7P. The maximum absolute atomic E-state index is 13.2. The molecule has 0 bridgehead atoms. The van der Waals surface area contributed by atoms with Crippen molar-refractivity contribution < 1.29 is 32.3 Å². The average Bonchev–Trinajstić information content (AvgIpc) is 3.09. The van der Waals surface area contributed by atoms with E-state index in [-0.39, 0.29) is 30.9 Å². The van der Waals surface area contributed by atoms with E-state index in [1.165, 1.54) is 0 Å². The third-order valence-corrected chi connectivity index (χ3v) is 5.97. The summed E-state index contributed by atoms with van der Waals surface area (Å²) >= 11 is 0. The van der Waals surface area contributed by atoms with Crippen molar-refractivity contribution >= 4 is 18.9 Å². The number of carbonyl (C=O) groups excluding carboxylic acids is 1. The van der Waals surface area contributed by atoms with Crippen LogP contribution in [0.15, 0.2) is 22.6 Å². The summed E-state index contributed by atoms with van der Waals surface area (Å²) in [6.45, 7) is 9.26. The molecule has 0 atom stereocenters. The fourth-order valence-corrected chi connectivity index (χ4v) is 4.36. The molecule has 0 unspecified atom stereocenters. The smallest absolute Gasteiger partial charge is 0.365 e. The molecule has 1 aromatic heterocycles. The Morgan fingerprint density at radius 1 is 1.15 bits per heavy atom. The van der Waals surface area contributed by atoms with Gasteiger partial charge in [0.15, 0.2) is 0 Å². The van der Waals surface area contributed by atoms with Gasteiger partial charge in [-0.2, -0.15) is 0 Å². The maximum atomic E-state index is 13.2. The minimum atomic E-state index is -3.73. The predicted molar refractivity (Wildman–Crippen MR) is 100 cm³/mol. The molecule has 0 aromatic carbocycles. The zero-order chi connectivity index (χ0) is 19.7. The Hall–Kier alpha value is -1.44. The van der Waals surface area contributed by atoms with E-state index in [0.29, 0.717) is 25.5 Å². The topological polar surface area (TPSA) is 87.4 Å². The van der Waals surface area contributed by atoms with Crippen molar-refractivity contribution in [1.29, 1.82) is 0 Å². The monoisotopic (exact) mass is 401 g/mol. The number of hydrogen-bond acceptors (Lipinski definition) is 8. The van der Waals surface area contributed by atoms with Crippen LogP contribution in [0.5, 0.6) is 0 Å². The minimum absolute atomic E-state index is 0.0675. The first-order valence-corrected chi connectivity index (χ1v) is 10.7. The van der Waals surface area contributed by atoms with Gasteiger partial charge in [-0.1, -0.05) is 0 Å². The second-order valence-corrected chi connectivity index (χ2v) is 7.76. The molecule has 2 rings (SSSR count). The molecule has 0 radical (unpaired) electrons. The SMILES string of the molecule is CCOC(=O)C=C(c1ccc(CN2CCOCC2)o1)P(=O)(OCC)OCC. The zero-order valence-electron chi connectivity index (χ0n) is 16.1. The molecule has 9 heteroatoms. The standard InChI is InChI=1S/C18H28NO7P/c1-4-23-18(20)13-17(27(21,24-5-2)25-6-3)16-8-7-15(26-16)14-19-9-11-22-12-10-19/h7-8,13H,4-6,9-12,14H2,1-3H3. The van der Waals surface area contributed by atoms with Gasteiger partial charge in [-0.3, -0.25) is 9.46 Å². The fraction of sp³-hybridized carbons (Fsp3) is 0.611. The largest absolute Gasteiger partial charge is 0.463 e. The molecule has 152 valence electrons. The molecule has 0 N–H and O–H groups in total. The van der Waals surface area contributed by atoms with E-state index >= 15 is 0 Å². The third kappa shape index (κ3) is 6.30. The summed E-state index contributed by atoms with van der Waals surface area (Å²) < 4.78 is 40.2. The predicted octanol–water partition coefficient (Wildman–Crippen LogP) is 3.28. The first-order chi connectivity index (χ1) is 13.0. The van der Waals surface area contributed by atoms with E-state index in [9.17, 15) is 9.36 Å². The molecule has 0 aliphatic carbocycles. The van der Waals surface area contributed by atoms with E-state index in [0.717, 1.165) is 19.2 Å². The normalized spacial score (nSPS) is 16.5. The highest BCUT2D eigenvalue weighted by Crippen LogP contribution is 2.60. The Bertz CT molecular complexity index is 669. The van der Waals surface area contributed by atoms with Crippen LogP contribution in [-0.4, -0.2) is 57.0 Å². The molecule has 8 nitrogen and oxygen atoms in total. The van der Waals surface area contributed by atoms with Crippen LogP contribution in [0, 0.1) is 0 Å². The van der Waals surface area contributed by atoms with Crippen molar-refractivity contribution in [2.24, 2.45) is 0 Å². The quantitative estimate of drug-likeness (QED) is 0.335. The number of esters is 1. The Balaban J connectivity index is 2.29. The Labute approximate surface area is 159 Å². The van der Waals surface area contributed by atoms with Crippen molar-refractivity contribution in [3.05, 3.63) is 29.7 Å². The summed E-state index contributed by atoms with van der Waals surface area (Å²) in [6, 6.07) is 3.47. The number of morpholine rings is 1. The number of nitrogens with zero attached hydrogens (tertiary/aromatic N) is 1. The van der Waals surface area contributed by atoms with E-state index < -0.39 is 13.6 Å². The lowest BCUT2D eigenvalue weighted by atomic mass is 10.3. The van der Waals surface area contributed by atoms with Crippen LogP contribution in [0.1, 0.15) is 32.3 Å². The molecular weight excluding hydrogens is 373 g/mol. The average molecular weight is 401 g/mol. The van der Waals surface area contributed by atoms with Crippen molar-refractivity contribution in [2.75, 3.05) is 46.1 Å². The van der Waals surface area contributed by atoms with Crippen molar-refractivity contribution in [2.45, 2.75) is 27.3 Å². The Morgan fingerprint density at radius 2 is 1.81 bits per heavy atom. The molecule has 0 saturated carbocycles. The van der Waals surface area contributed by atoms with Crippen molar-refractivity contribution in [1.82, 2.24) is 4.90 Å². The van der Waals surface area contributed by atoms with E-state index in [1.807, 2.05) is 0 Å². The van der Waals surface area contributed by atoms with Gasteiger partial charge in [0.1, 0.15) is 16.8 Å². The lowest BCUT2D eigenvalue weighted by Gasteiger charge is -2.25. The number of hydrogen-bond donors (Lipinski definition) is 0. The van der Waals surface area contributed by atoms with Crippen LogP contribution in [0.3, 0.4) is 0 Å². The fourth-order valence-electron chi connectivity index (χ4n) is 2.68. The van der Waals surface area contributed by atoms with Crippen LogP contribution in [0.2, 0.25) is 0 Å². The van der Waals surface area contributed by atoms with Crippen LogP contribution in [-0.2, 0) is 34.4 Å². The summed E-state index contributed by atoms with van der Waals surface area (Å²) in [5.41, 5.74) is 0. The third-order valence-electron chi connectivity index (χ3n) is 3.83. The second kappa shape index (κ2) is 10.8. The first-order valence-electron chi connectivity index (χ1n) is 9.19. The maximum Gasteiger partial charge on any atom is 0.365 e. The molecule has 27 heavy (non-hydrogen) atoms. The van der Waals surface area contributed by atoms with Crippen molar-refractivity contribution in [3.63, 3.8) is 0 Å². The number of rotatable bonds is 10. The molecule has 1 aliphatic rings. The van der Waals surface area contributed by atoms with Crippen LogP contribution in [0.25, 0.3) is 5.31 Å². The Kier molecular flexibility index (Phi) is 8.73. The van der Waals surface area contributed by atoms with Gasteiger partial charge in [-0.25, -0.2) is 4.79 Å². The lowest BCUT2D eigenvalue weighted by molar-refractivity contribution is -0.137. The van der Waals surface area contributed by atoms with Crippen LogP contribution >= 0.6 is 7.60 Å². The van der Waals surface area contributed by atoms with Crippen LogP contribution < -0.4 is 0 Å². The summed E-state index contributed by atoms with van der Waals surface area (Å²) in [5, 5.41) is 0.0675. The lowest BCUT2D eigenvalue weighted by Crippen LogP contribution is -2.35. The molecule has 1 aliphatic heterocycles. The van der Waals surface area contributed by atoms with Gasteiger partial charge >= 0.3 is 13.6 Å². The molecule has 0 amide bonds. The van der Waals surface area contributed by atoms with Gasteiger partial charge in [-0.15, -0.1) is 0 Å². The summed E-state index contributed by atoms with van der Waals surface area (Å²) in [6.07, 6.45) is 1.13. The van der Waals surface area contributed by atoms with Crippen molar-refractivity contribution in [3.8, 4) is 0 Å². The van der Waals surface area contributed by atoms with Gasteiger partial charge in [0.25, 0.3) is 0 Å². The van der Waals surface area contributed by atoms with E-state index in [4.69, 9.17) is 22.9 Å². The van der Waals surface area contributed by atoms with E-state index in [2.05, 4.69) is 4.90 Å². The van der Waals surface area contributed by atoms with Gasteiger partial charge in [0.05, 0.1) is 39.6 Å². The first kappa shape index (κ1) is 21.9. The number of furan rings is 1. The molecule has 1 fully saturated rings. The van der Waals surface area contributed by atoms with Gasteiger partial charge in [-0.05, 0) is 32.9 Å². The van der Waals surface area contributed by atoms with Crippen LogP contribution in [0.4, 0.5) is 0 Å². The molecule has 0 spiro atoms. The van der Waals surface area contributed by atoms with E-state index in [1.54, 1.807) is 32.9 Å². The zero-order valence-corrected chi connectivity index (χ0v) is 17.0.